The second-order valence-electron chi connectivity index (χ2n) is 19.9. The van der Waals surface area contributed by atoms with Crippen LogP contribution in [-0.4, -0.2) is 37.2 Å². The van der Waals surface area contributed by atoms with Crippen LogP contribution in [-0.2, 0) is 28.6 Å². The summed E-state index contributed by atoms with van der Waals surface area (Å²) in [4.78, 5) is 38.2. The van der Waals surface area contributed by atoms with E-state index in [1.165, 1.54) is 128 Å². The lowest BCUT2D eigenvalue weighted by Crippen LogP contribution is -2.30. The Morgan fingerprint density at radius 2 is 0.548 bits per heavy atom. The minimum atomic E-state index is -0.812. The second kappa shape index (κ2) is 60.6. The van der Waals surface area contributed by atoms with Gasteiger partial charge < -0.3 is 14.2 Å². The van der Waals surface area contributed by atoms with Gasteiger partial charge in [0.2, 0.25) is 0 Å². The lowest BCUT2D eigenvalue weighted by atomic mass is 10.1. The van der Waals surface area contributed by atoms with Crippen LogP contribution in [0.1, 0.15) is 278 Å². The smallest absolute Gasteiger partial charge is 0.306 e. The van der Waals surface area contributed by atoms with Crippen LogP contribution < -0.4 is 0 Å². The van der Waals surface area contributed by atoms with Crippen molar-refractivity contribution < 1.29 is 28.6 Å². The molecule has 0 rings (SSSR count). The molecule has 0 aromatic heterocycles. The van der Waals surface area contributed by atoms with Crippen LogP contribution in [0.5, 0.6) is 0 Å². The Labute approximate surface area is 450 Å². The molecule has 0 heterocycles. The van der Waals surface area contributed by atoms with Crippen LogP contribution in [0.4, 0.5) is 0 Å². The predicted octanol–water partition coefficient (Wildman–Crippen LogP) is 20.7. The molecule has 0 aromatic rings. The standard InChI is InChI=1S/C67H112O6/c1-4-7-10-13-16-19-22-25-28-31-33-36-39-42-45-48-51-54-57-60-66(69)72-63-64(62-71-65(68)59-56-53-50-47-44-41-38-35-30-27-24-21-18-15-12-9-6-3)73-67(70)61-58-55-52-49-46-43-40-37-34-32-29-26-23-20-17-14-11-8-5-2/h9,12,16,18-19,21,25,27-28,30,32-34,36,38,41,47,50,64H,4-8,10-11,13-15,17,20,22-24,26,29,31,35,37,39-40,42-46,48-49,51-63H2,1-3H3/b12-9-,19-16-,21-18-,28-25-,30-27-,34-32-,36-33-,41-38-,50-47-/t64-/m1/s1. The van der Waals surface area contributed by atoms with Crippen molar-refractivity contribution in [2.75, 3.05) is 13.2 Å². The van der Waals surface area contributed by atoms with Gasteiger partial charge in [0.15, 0.2) is 6.10 Å². The first-order valence-corrected chi connectivity index (χ1v) is 30.4. The zero-order chi connectivity index (χ0) is 52.9. The number of carbonyl (C=O) groups is 3. The van der Waals surface area contributed by atoms with Crippen LogP contribution in [0.25, 0.3) is 0 Å². The quantitative estimate of drug-likeness (QED) is 0.0261. The first-order chi connectivity index (χ1) is 36.0. The zero-order valence-corrected chi connectivity index (χ0v) is 47.6. The zero-order valence-electron chi connectivity index (χ0n) is 47.6. The summed E-state index contributed by atoms with van der Waals surface area (Å²) in [7, 11) is 0. The Hall–Kier alpha value is -3.93. The maximum Gasteiger partial charge on any atom is 0.306 e. The molecule has 0 spiro atoms. The highest BCUT2D eigenvalue weighted by molar-refractivity contribution is 5.71. The van der Waals surface area contributed by atoms with Gasteiger partial charge in [-0.15, -0.1) is 0 Å². The van der Waals surface area contributed by atoms with E-state index in [-0.39, 0.29) is 37.5 Å². The van der Waals surface area contributed by atoms with Crippen molar-refractivity contribution in [1.29, 1.82) is 0 Å². The van der Waals surface area contributed by atoms with Crippen molar-refractivity contribution >= 4 is 17.9 Å². The van der Waals surface area contributed by atoms with Gasteiger partial charge in [-0.2, -0.15) is 0 Å². The molecule has 0 saturated heterocycles. The Morgan fingerprint density at radius 3 is 0.932 bits per heavy atom. The molecule has 73 heavy (non-hydrogen) atoms. The molecule has 0 aromatic carbocycles. The molecular formula is C67H112O6. The maximum atomic E-state index is 12.9. The molecule has 416 valence electrons. The predicted molar refractivity (Wildman–Crippen MR) is 316 cm³/mol. The highest BCUT2D eigenvalue weighted by Crippen LogP contribution is 2.15. The third-order valence-corrected chi connectivity index (χ3v) is 12.7. The lowest BCUT2D eigenvalue weighted by molar-refractivity contribution is -0.167. The Morgan fingerprint density at radius 1 is 0.288 bits per heavy atom. The fourth-order valence-electron chi connectivity index (χ4n) is 8.19. The SMILES string of the molecule is CC/C=C\C/C=C\C/C=C\C/C=C\C/C=C\CCCC(=O)OC[C@H](COC(=O)CCCCCCCC/C=C\C/C=C\C/C=C\CCCCC)OC(=O)CCCCCCCCC/C=C\CCCCCCCCCC. The van der Waals surface area contributed by atoms with Gasteiger partial charge in [0.25, 0.3) is 0 Å². The van der Waals surface area contributed by atoms with E-state index in [1.54, 1.807) is 0 Å². The van der Waals surface area contributed by atoms with E-state index in [0.29, 0.717) is 19.3 Å². The van der Waals surface area contributed by atoms with Crippen molar-refractivity contribution in [3.05, 3.63) is 109 Å². The van der Waals surface area contributed by atoms with E-state index in [9.17, 15) is 14.4 Å². The molecule has 0 saturated carbocycles. The monoisotopic (exact) mass is 1010 g/mol. The molecular weight excluding hydrogens is 901 g/mol. The number of hydrogen-bond donors (Lipinski definition) is 0. The molecule has 0 bridgehead atoms. The van der Waals surface area contributed by atoms with Gasteiger partial charge >= 0.3 is 17.9 Å². The Kier molecular flexibility index (Phi) is 57.4. The van der Waals surface area contributed by atoms with Crippen molar-refractivity contribution in [1.82, 2.24) is 0 Å². The van der Waals surface area contributed by atoms with E-state index in [2.05, 4.69) is 130 Å². The average Bonchev–Trinajstić information content (AvgIpc) is 3.39. The van der Waals surface area contributed by atoms with E-state index in [1.807, 2.05) is 0 Å². The maximum absolute atomic E-state index is 12.9. The molecule has 0 amide bonds. The summed E-state index contributed by atoms with van der Waals surface area (Å²) >= 11 is 0. The van der Waals surface area contributed by atoms with E-state index in [0.717, 1.165) is 103 Å². The largest absolute Gasteiger partial charge is 0.462 e. The van der Waals surface area contributed by atoms with Gasteiger partial charge in [0.05, 0.1) is 0 Å². The summed E-state index contributed by atoms with van der Waals surface area (Å²) in [6.45, 7) is 6.45. The molecule has 0 aliphatic heterocycles. The third kappa shape index (κ3) is 58.8. The van der Waals surface area contributed by atoms with Crippen LogP contribution in [0.3, 0.4) is 0 Å². The summed E-state index contributed by atoms with van der Waals surface area (Å²) in [5.41, 5.74) is 0. The fraction of sp³-hybridized carbons (Fsp3) is 0.687. The minimum absolute atomic E-state index is 0.105. The number of esters is 3. The number of rotatable bonds is 54. The van der Waals surface area contributed by atoms with Crippen LogP contribution in [0, 0.1) is 0 Å². The van der Waals surface area contributed by atoms with E-state index in [4.69, 9.17) is 14.2 Å². The molecule has 0 aliphatic rings. The number of allylic oxidation sites excluding steroid dienone is 18. The molecule has 0 radical (unpaired) electrons. The minimum Gasteiger partial charge on any atom is -0.462 e. The van der Waals surface area contributed by atoms with Crippen molar-refractivity contribution in [2.45, 2.75) is 284 Å². The normalized spacial score (nSPS) is 12.9. The van der Waals surface area contributed by atoms with Gasteiger partial charge in [-0.1, -0.05) is 246 Å². The molecule has 0 N–H and O–H groups in total. The topological polar surface area (TPSA) is 78.9 Å². The number of unbranched alkanes of at least 4 members (excludes halogenated alkanes) is 25. The van der Waals surface area contributed by atoms with Crippen LogP contribution >= 0.6 is 0 Å². The fourth-order valence-corrected chi connectivity index (χ4v) is 8.19. The van der Waals surface area contributed by atoms with Gasteiger partial charge in [0.1, 0.15) is 13.2 Å². The average molecular weight is 1010 g/mol. The highest BCUT2D eigenvalue weighted by atomic mass is 16.6. The second-order valence-corrected chi connectivity index (χ2v) is 19.9. The first-order valence-electron chi connectivity index (χ1n) is 30.4. The van der Waals surface area contributed by atoms with E-state index < -0.39 is 6.10 Å². The molecule has 0 unspecified atom stereocenters. The molecule has 1 atom stereocenters. The van der Waals surface area contributed by atoms with Gasteiger partial charge in [-0.25, -0.2) is 0 Å². The van der Waals surface area contributed by atoms with Gasteiger partial charge in [0, 0.05) is 19.3 Å². The van der Waals surface area contributed by atoms with Crippen LogP contribution in [0.2, 0.25) is 0 Å². The van der Waals surface area contributed by atoms with Crippen molar-refractivity contribution in [3.63, 3.8) is 0 Å². The summed E-state index contributed by atoms with van der Waals surface area (Å²) in [6.07, 6.45) is 82.3. The molecule has 6 heteroatoms. The first kappa shape index (κ1) is 69.1. The Balaban J connectivity index is 4.50. The third-order valence-electron chi connectivity index (χ3n) is 12.7. The highest BCUT2D eigenvalue weighted by Gasteiger charge is 2.19. The number of carbonyl (C=O) groups excluding carboxylic acids is 3. The van der Waals surface area contributed by atoms with Crippen LogP contribution in [0.15, 0.2) is 109 Å². The molecule has 6 nitrogen and oxygen atoms in total. The summed E-state index contributed by atoms with van der Waals surface area (Å²) < 4.78 is 16.8. The molecule has 0 fully saturated rings. The van der Waals surface area contributed by atoms with Gasteiger partial charge in [-0.3, -0.25) is 14.4 Å². The Bertz CT molecular complexity index is 1490. The summed E-state index contributed by atoms with van der Waals surface area (Å²) in [5.74, 6) is -0.978. The lowest BCUT2D eigenvalue weighted by Gasteiger charge is -2.18. The molecule has 0 aliphatic carbocycles. The van der Waals surface area contributed by atoms with Crippen molar-refractivity contribution in [2.24, 2.45) is 0 Å². The van der Waals surface area contributed by atoms with E-state index >= 15 is 0 Å². The van der Waals surface area contributed by atoms with Gasteiger partial charge in [-0.05, 0) is 122 Å². The van der Waals surface area contributed by atoms with Crippen molar-refractivity contribution in [3.8, 4) is 0 Å². The number of hydrogen-bond acceptors (Lipinski definition) is 6. The number of ether oxygens (including phenoxy) is 3. The summed E-state index contributed by atoms with van der Waals surface area (Å²) in [6, 6.07) is 0. The summed E-state index contributed by atoms with van der Waals surface area (Å²) in [5, 5.41) is 0.